The minimum Gasteiger partial charge on any atom is -0.378 e. The highest BCUT2D eigenvalue weighted by atomic mass is 79.9. The summed E-state index contributed by atoms with van der Waals surface area (Å²) in [7, 11) is 0. The molecule has 1 aromatic heterocycles. The largest absolute Gasteiger partial charge is 0.378 e. The lowest BCUT2D eigenvalue weighted by atomic mass is 9.91. The summed E-state index contributed by atoms with van der Waals surface area (Å²) in [5, 5.41) is 3.76. The van der Waals surface area contributed by atoms with E-state index >= 15 is 0 Å². The van der Waals surface area contributed by atoms with Gasteiger partial charge in [0.1, 0.15) is 11.6 Å². The zero-order valence-electron chi connectivity index (χ0n) is 12.7. The van der Waals surface area contributed by atoms with E-state index < -0.39 is 0 Å². The van der Waals surface area contributed by atoms with Crippen molar-refractivity contribution in [2.45, 2.75) is 12.3 Å². The van der Waals surface area contributed by atoms with Crippen molar-refractivity contribution in [3.05, 3.63) is 38.9 Å². The maximum atomic E-state index is 13.5. The van der Waals surface area contributed by atoms with Gasteiger partial charge < -0.3 is 15.0 Å². The van der Waals surface area contributed by atoms with Gasteiger partial charge in [-0.2, -0.15) is 0 Å². The Balaban J connectivity index is 1.71. The summed E-state index contributed by atoms with van der Waals surface area (Å²) in [6.45, 7) is 2.97. The predicted octanol–water partition coefficient (Wildman–Crippen LogP) is 3.36. The molecule has 1 saturated heterocycles. The first kappa shape index (κ1) is 16.0. The van der Waals surface area contributed by atoms with E-state index in [4.69, 9.17) is 4.74 Å². The average Bonchev–Trinajstić information content (AvgIpc) is 3.01. The first-order valence-electron chi connectivity index (χ1n) is 7.70. The Morgan fingerprint density at radius 2 is 2.17 bits per heavy atom. The zero-order chi connectivity index (χ0) is 16.7. The van der Waals surface area contributed by atoms with Gasteiger partial charge in [-0.15, -0.1) is 0 Å². The van der Waals surface area contributed by atoms with Crippen LogP contribution >= 0.6 is 27.3 Å². The maximum Gasteiger partial charge on any atom is 0.226 e. The van der Waals surface area contributed by atoms with Crippen LogP contribution in [0.3, 0.4) is 0 Å². The molecule has 1 atom stereocenters. The highest BCUT2D eigenvalue weighted by molar-refractivity contribution is 9.10. The SMILES string of the molecule is O=C1CC(c2ccc(F)c(Br)c2)c2sc(N3CCOCC3)nc2N1. The van der Waals surface area contributed by atoms with Gasteiger partial charge in [-0.05, 0) is 33.6 Å². The van der Waals surface area contributed by atoms with Crippen LogP contribution in [0, 0.1) is 5.82 Å². The maximum absolute atomic E-state index is 13.5. The van der Waals surface area contributed by atoms with E-state index in [1.807, 2.05) is 0 Å². The molecule has 8 heteroatoms. The van der Waals surface area contributed by atoms with Gasteiger partial charge in [-0.25, -0.2) is 9.37 Å². The van der Waals surface area contributed by atoms with Crippen LogP contribution in [0.4, 0.5) is 15.3 Å². The number of carbonyl (C=O) groups excluding carboxylic acids is 1. The van der Waals surface area contributed by atoms with E-state index in [-0.39, 0.29) is 17.6 Å². The van der Waals surface area contributed by atoms with E-state index in [1.165, 1.54) is 6.07 Å². The van der Waals surface area contributed by atoms with Crippen molar-refractivity contribution < 1.29 is 13.9 Å². The molecule has 0 spiro atoms. The van der Waals surface area contributed by atoms with Crippen molar-refractivity contribution in [2.75, 3.05) is 36.5 Å². The summed E-state index contributed by atoms with van der Waals surface area (Å²) >= 11 is 4.82. The number of thiazole rings is 1. The molecule has 1 aromatic carbocycles. The van der Waals surface area contributed by atoms with Crippen LogP contribution in [0.2, 0.25) is 0 Å². The Morgan fingerprint density at radius 3 is 2.92 bits per heavy atom. The molecule has 3 heterocycles. The molecule has 4 rings (SSSR count). The van der Waals surface area contributed by atoms with Crippen molar-refractivity contribution in [1.82, 2.24) is 4.98 Å². The first-order valence-corrected chi connectivity index (χ1v) is 9.31. The highest BCUT2D eigenvalue weighted by Gasteiger charge is 2.31. The van der Waals surface area contributed by atoms with Crippen molar-refractivity contribution in [1.29, 1.82) is 0 Å². The van der Waals surface area contributed by atoms with E-state index in [0.29, 0.717) is 29.9 Å². The van der Waals surface area contributed by atoms with Gasteiger partial charge >= 0.3 is 0 Å². The molecule has 1 unspecified atom stereocenters. The van der Waals surface area contributed by atoms with E-state index in [1.54, 1.807) is 23.5 Å². The number of nitrogens with one attached hydrogen (secondary N) is 1. The number of nitrogens with zero attached hydrogens (tertiary/aromatic N) is 2. The van der Waals surface area contributed by atoms with Crippen LogP contribution in [-0.2, 0) is 9.53 Å². The molecule has 2 aliphatic rings. The topological polar surface area (TPSA) is 54.5 Å². The fraction of sp³-hybridized carbons (Fsp3) is 0.375. The third-order valence-electron chi connectivity index (χ3n) is 4.23. The molecule has 5 nitrogen and oxygen atoms in total. The Morgan fingerprint density at radius 1 is 1.38 bits per heavy atom. The summed E-state index contributed by atoms with van der Waals surface area (Å²) in [6.07, 6.45) is 0.343. The number of benzene rings is 1. The third-order valence-corrected chi connectivity index (χ3v) is 6.07. The van der Waals surface area contributed by atoms with Crippen molar-refractivity contribution in [3.8, 4) is 0 Å². The van der Waals surface area contributed by atoms with Gasteiger partial charge in [-0.3, -0.25) is 4.79 Å². The van der Waals surface area contributed by atoms with Crippen molar-refractivity contribution in [3.63, 3.8) is 0 Å². The van der Waals surface area contributed by atoms with E-state index in [2.05, 4.69) is 31.1 Å². The summed E-state index contributed by atoms with van der Waals surface area (Å²) in [6, 6.07) is 4.91. The number of fused-ring (bicyclic) bond motifs is 1. The number of hydrogen-bond acceptors (Lipinski definition) is 5. The predicted molar refractivity (Wildman–Crippen MR) is 94.3 cm³/mol. The summed E-state index contributed by atoms with van der Waals surface area (Å²) in [5.41, 5.74) is 0.913. The summed E-state index contributed by atoms with van der Waals surface area (Å²) in [4.78, 5) is 19.9. The number of halogens is 2. The summed E-state index contributed by atoms with van der Waals surface area (Å²) in [5.74, 6) is 0.158. The van der Waals surface area contributed by atoms with Crippen LogP contribution in [0.25, 0.3) is 0 Å². The Kier molecular flexibility index (Phi) is 4.28. The van der Waals surface area contributed by atoms with Gasteiger partial charge in [0.15, 0.2) is 5.13 Å². The molecule has 2 aromatic rings. The second-order valence-corrected chi connectivity index (χ2v) is 7.65. The quantitative estimate of drug-likeness (QED) is 0.822. The fourth-order valence-corrected chi connectivity index (χ4v) is 4.59. The minimum atomic E-state index is -0.308. The van der Waals surface area contributed by atoms with Crippen molar-refractivity contribution >= 4 is 44.1 Å². The van der Waals surface area contributed by atoms with Crippen molar-refractivity contribution in [2.24, 2.45) is 0 Å². The molecule has 0 saturated carbocycles. The molecule has 1 N–H and O–H groups in total. The number of aromatic nitrogens is 1. The average molecular weight is 412 g/mol. The van der Waals surface area contributed by atoms with Gasteiger partial charge in [0.05, 0.1) is 22.6 Å². The molecule has 0 bridgehead atoms. The van der Waals surface area contributed by atoms with E-state index in [9.17, 15) is 9.18 Å². The van der Waals surface area contributed by atoms with Gasteiger partial charge in [-0.1, -0.05) is 17.4 Å². The number of rotatable bonds is 2. The second kappa shape index (κ2) is 6.42. The van der Waals surface area contributed by atoms with Crippen LogP contribution in [0.5, 0.6) is 0 Å². The van der Waals surface area contributed by atoms with Crippen LogP contribution in [-0.4, -0.2) is 37.2 Å². The number of carbonyl (C=O) groups is 1. The molecule has 126 valence electrons. The molecule has 0 radical (unpaired) electrons. The monoisotopic (exact) mass is 411 g/mol. The number of ether oxygens (including phenoxy) is 1. The number of anilines is 2. The Bertz CT molecular complexity index is 792. The molecule has 24 heavy (non-hydrogen) atoms. The highest BCUT2D eigenvalue weighted by Crippen LogP contribution is 2.43. The lowest BCUT2D eigenvalue weighted by Crippen LogP contribution is -2.36. The smallest absolute Gasteiger partial charge is 0.226 e. The van der Waals surface area contributed by atoms with Crippen LogP contribution < -0.4 is 10.2 Å². The minimum absolute atomic E-state index is 0.0632. The van der Waals surface area contributed by atoms with Gasteiger partial charge in [0.25, 0.3) is 0 Å². The van der Waals surface area contributed by atoms with Crippen LogP contribution in [0.1, 0.15) is 22.8 Å². The van der Waals surface area contributed by atoms with Gasteiger partial charge in [0.2, 0.25) is 5.91 Å². The van der Waals surface area contributed by atoms with E-state index in [0.717, 1.165) is 28.7 Å². The number of amides is 1. The first-order chi connectivity index (χ1) is 11.6. The van der Waals surface area contributed by atoms with Crippen LogP contribution in [0.15, 0.2) is 22.7 Å². The molecule has 1 amide bonds. The fourth-order valence-electron chi connectivity index (χ4n) is 3.00. The lowest BCUT2D eigenvalue weighted by Gasteiger charge is -2.26. The van der Waals surface area contributed by atoms with Gasteiger partial charge in [0, 0.05) is 25.4 Å². The normalized spacial score (nSPS) is 20.7. The number of morpholine rings is 1. The zero-order valence-corrected chi connectivity index (χ0v) is 15.1. The molecule has 0 aliphatic carbocycles. The lowest BCUT2D eigenvalue weighted by molar-refractivity contribution is -0.116. The number of hydrogen-bond donors (Lipinski definition) is 1. The summed E-state index contributed by atoms with van der Waals surface area (Å²) < 4.78 is 19.3. The molecular weight excluding hydrogens is 397 g/mol. The molecule has 2 aliphatic heterocycles. The molecular formula is C16H15BrFN3O2S. The Hall–Kier alpha value is -1.51. The Labute approximate surface area is 151 Å². The molecule has 1 fully saturated rings. The second-order valence-electron chi connectivity index (χ2n) is 5.79. The standard InChI is InChI=1S/C16H15BrFN3O2S/c17-11-7-9(1-2-12(11)18)10-8-13(22)19-15-14(10)24-16(20-15)21-3-5-23-6-4-21/h1-2,7,10H,3-6,8H2,(H,19,22). The third kappa shape index (κ3) is 2.94.